The predicted octanol–water partition coefficient (Wildman–Crippen LogP) is 3.33. The number of ketones is 1. The fourth-order valence-corrected chi connectivity index (χ4v) is 4.06. The number of halogens is 1. The first-order chi connectivity index (χ1) is 16.4. The summed E-state index contributed by atoms with van der Waals surface area (Å²) in [5, 5.41) is 2.30. The maximum Gasteiger partial charge on any atom is 0.248 e. The van der Waals surface area contributed by atoms with E-state index in [-0.39, 0.29) is 11.7 Å². The minimum Gasteiger partial charge on any atom is -0.494 e. The number of rotatable bonds is 12. The van der Waals surface area contributed by atoms with Crippen LogP contribution in [-0.2, 0) is 4.79 Å². The van der Waals surface area contributed by atoms with Crippen LogP contribution in [0.5, 0.6) is 5.75 Å². The number of hydrogen-bond donors (Lipinski definition) is 1. The Bertz CT molecular complexity index is 911. The highest BCUT2D eigenvalue weighted by atomic mass is 35.5. The van der Waals surface area contributed by atoms with E-state index in [1.54, 1.807) is 41.4 Å². The molecule has 8 heteroatoms. The molecular weight excluding hydrogens is 452 g/mol. The van der Waals surface area contributed by atoms with Gasteiger partial charge in [0.05, 0.1) is 13.2 Å². The minimum absolute atomic E-state index is 0.0270. The molecule has 0 spiro atoms. The zero-order valence-electron chi connectivity index (χ0n) is 20.1. The summed E-state index contributed by atoms with van der Waals surface area (Å²) in [5.41, 5.74) is 4.04. The maximum atomic E-state index is 12.5. The Morgan fingerprint density at radius 1 is 0.882 bits per heavy atom. The summed E-state index contributed by atoms with van der Waals surface area (Å²) in [5.74, 6) is 0.796. The Labute approximate surface area is 207 Å². The van der Waals surface area contributed by atoms with Crippen molar-refractivity contribution in [3.63, 3.8) is 0 Å². The first-order valence-electron chi connectivity index (χ1n) is 11.9. The number of hydrazine groups is 1. The topological polar surface area (TPSA) is 65.1 Å². The van der Waals surface area contributed by atoms with Crippen molar-refractivity contribution in [2.75, 3.05) is 60.0 Å². The highest BCUT2D eigenvalue weighted by molar-refractivity contribution is 6.30. The average molecular weight is 487 g/mol. The molecule has 1 fully saturated rings. The van der Waals surface area contributed by atoms with Gasteiger partial charge in [-0.1, -0.05) is 11.6 Å². The Morgan fingerprint density at radius 2 is 1.47 bits per heavy atom. The first kappa shape index (κ1) is 26.2. The van der Waals surface area contributed by atoms with Crippen LogP contribution in [0.4, 0.5) is 0 Å². The Hall–Kier alpha value is -2.45. The molecule has 1 aliphatic heterocycles. The summed E-state index contributed by atoms with van der Waals surface area (Å²) in [6.45, 7) is 6.08. The number of carbonyl (C=O) groups is 2. The summed E-state index contributed by atoms with van der Waals surface area (Å²) < 4.78 is 5.84. The summed E-state index contributed by atoms with van der Waals surface area (Å²) in [6, 6.07) is 14.2. The summed E-state index contributed by atoms with van der Waals surface area (Å²) in [4.78, 5) is 29.1. The van der Waals surface area contributed by atoms with Gasteiger partial charge in [0.25, 0.3) is 0 Å². The SMILES string of the molecule is CN(C)NC(=O)CN1CCN(CCCCCOc2ccc(C(=O)c3ccc(Cl)cc3)cc2)CC1. The van der Waals surface area contributed by atoms with Crippen LogP contribution in [-0.4, -0.2) is 86.5 Å². The summed E-state index contributed by atoms with van der Waals surface area (Å²) in [7, 11) is 3.64. The molecule has 2 aromatic rings. The van der Waals surface area contributed by atoms with Crippen LogP contribution in [0.2, 0.25) is 5.02 Å². The highest BCUT2D eigenvalue weighted by Gasteiger charge is 2.18. The van der Waals surface area contributed by atoms with Gasteiger partial charge in [0.2, 0.25) is 5.91 Å². The van der Waals surface area contributed by atoms with Gasteiger partial charge in [-0.25, -0.2) is 5.01 Å². The van der Waals surface area contributed by atoms with E-state index in [1.807, 2.05) is 26.2 Å². The van der Waals surface area contributed by atoms with E-state index in [9.17, 15) is 9.59 Å². The third-order valence-corrected chi connectivity index (χ3v) is 6.04. The quantitative estimate of drug-likeness (QED) is 0.282. The van der Waals surface area contributed by atoms with Crippen LogP contribution >= 0.6 is 11.6 Å². The predicted molar refractivity (Wildman–Crippen MR) is 135 cm³/mol. The largest absolute Gasteiger partial charge is 0.494 e. The molecule has 1 heterocycles. The van der Waals surface area contributed by atoms with Crippen molar-refractivity contribution in [2.45, 2.75) is 19.3 Å². The van der Waals surface area contributed by atoms with Crippen molar-refractivity contribution in [3.8, 4) is 5.75 Å². The molecule has 0 bridgehead atoms. The zero-order chi connectivity index (χ0) is 24.3. The third-order valence-electron chi connectivity index (χ3n) is 5.79. The van der Waals surface area contributed by atoms with Gasteiger partial charge in [-0.2, -0.15) is 0 Å². The van der Waals surface area contributed by atoms with E-state index in [0.29, 0.717) is 29.3 Å². The monoisotopic (exact) mass is 486 g/mol. The van der Waals surface area contributed by atoms with Crippen molar-refractivity contribution in [1.29, 1.82) is 0 Å². The van der Waals surface area contributed by atoms with Crippen molar-refractivity contribution in [1.82, 2.24) is 20.2 Å². The number of unbranched alkanes of at least 4 members (excludes halogenated alkanes) is 2. The smallest absolute Gasteiger partial charge is 0.248 e. The number of benzene rings is 2. The van der Waals surface area contributed by atoms with E-state index < -0.39 is 0 Å². The molecule has 1 N–H and O–H groups in total. The van der Waals surface area contributed by atoms with Gasteiger partial charge in [0.1, 0.15) is 5.75 Å². The van der Waals surface area contributed by atoms with Crippen LogP contribution in [0.1, 0.15) is 35.2 Å². The number of amides is 1. The second-order valence-corrected chi connectivity index (χ2v) is 9.25. The molecule has 1 saturated heterocycles. The van der Waals surface area contributed by atoms with Gasteiger partial charge in [-0.05, 0) is 74.3 Å². The van der Waals surface area contributed by atoms with E-state index in [1.165, 1.54) is 0 Å². The third kappa shape index (κ3) is 8.72. The Balaban J connectivity index is 1.26. The van der Waals surface area contributed by atoms with Gasteiger partial charge < -0.3 is 9.64 Å². The number of piperazine rings is 1. The normalized spacial score (nSPS) is 14.8. The highest BCUT2D eigenvalue weighted by Crippen LogP contribution is 2.17. The lowest BCUT2D eigenvalue weighted by molar-refractivity contribution is -0.126. The zero-order valence-corrected chi connectivity index (χ0v) is 20.9. The van der Waals surface area contributed by atoms with Gasteiger partial charge in [0, 0.05) is 56.4 Å². The minimum atomic E-state index is -0.0270. The molecule has 1 amide bonds. The van der Waals surface area contributed by atoms with Crippen molar-refractivity contribution in [3.05, 3.63) is 64.7 Å². The van der Waals surface area contributed by atoms with Crippen LogP contribution < -0.4 is 10.2 Å². The molecule has 1 aliphatic rings. The van der Waals surface area contributed by atoms with E-state index in [2.05, 4.69) is 15.2 Å². The van der Waals surface area contributed by atoms with E-state index >= 15 is 0 Å². The lowest BCUT2D eigenvalue weighted by Crippen LogP contribution is -2.50. The molecule has 0 atom stereocenters. The Kier molecular flexibility index (Phi) is 10.3. The molecule has 3 rings (SSSR count). The second kappa shape index (κ2) is 13.4. The molecule has 0 aliphatic carbocycles. The lowest BCUT2D eigenvalue weighted by Gasteiger charge is -2.34. The summed E-state index contributed by atoms with van der Waals surface area (Å²) >= 11 is 5.89. The molecular formula is C26H35ClN4O3. The first-order valence-corrected chi connectivity index (χ1v) is 12.2. The Morgan fingerprint density at radius 3 is 2.09 bits per heavy atom. The number of ether oxygens (including phenoxy) is 1. The van der Waals surface area contributed by atoms with Crippen LogP contribution in [0.15, 0.2) is 48.5 Å². The molecule has 7 nitrogen and oxygen atoms in total. The average Bonchev–Trinajstić information content (AvgIpc) is 2.82. The molecule has 0 unspecified atom stereocenters. The van der Waals surface area contributed by atoms with Crippen molar-refractivity contribution in [2.24, 2.45) is 0 Å². The van der Waals surface area contributed by atoms with Crippen LogP contribution in [0.25, 0.3) is 0 Å². The fraction of sp³-hybridized carbons (Fsp3) is 0.462. The summed E-state index contributed by atoms with van der Waals surface area (Å²) in [6.07, 6.45) is 3.24. The number of hydrogen-bond acceptors (Lipinski definition) is 6. The second-order valence-electron chi connectivity index (χ2n) is 8.82. The van der Waals surface area contributed by atoms with Gasteiger partial charge in [-0.15, -0.1) is 0 Å². The molecule has 2 aromatic carbocycles. The van der Waals surface area contributed by atoms with Crippen molar-refractivity contribution < 1.29 is 14.3 Å². The van der Waals surface area contributed by atoms with E-state index in [4.69, 9.17) is 16.3 Å². The molecule has 0 saturated carbocycles. The molecule has 184 valence electrons. The maximum absolute atomic E-state index is 12.5. The van der Waals surface area contributed by atoms with Crippen LogP contribution in [0.3, 0.4) is 0 Å². The molecule has 34 heavy (non-hydrogen) atoms. The van der Waals surface area contributed by atoms with E-state index in [0.717, 1.165) is 57.7 Å². The lowest BCUT2D eigenvalue weighted by atomic mass is 10.0. The molecule has 0 radical (unpaired) electrons. The molecule has 0 aromatic heterocycles. The number of carbonyl (C=O) groups excluding carboxylic acids is 2. The van der Waals surface area contributed by atoms with Crippen LogP contribution in [0, 0.1) is 0 Å². The van der Waals surface area contributed by atoms with Gasteiger partial charge >= 0.3 is 0 Å². The number of nitrogens with one attached hydrogen (secondary N) is 1. The van der Waals surface area contributed by atoms with Gasteiger partial charge in [-0.3, -0.25) is 19.9 Å². The van der Waals surface area contributed by atoms with Crippen molar-refractivity contribution >= 4 is 23.3 Å². The number of nitrogens with zero attached hydrogens (tertiary/aromatic N) is 3. The standard InChI is InChI=1S/C26H35ClN4O3/c1-29(2)28-25(32)20-31-17-15-30(16-18-31)14-4-3-5-19-34-24-12-8-22(9-13-24)26(33)21-6-10-23(27)11-7-21/h6-13H,3-5,14-20H2,1-2H3,(H,28,32). The fourth-order valence-electron chi connectivity index (χ4n) is 3.93. The van der Waals surface area contributed by atoms with Gasteiger partial charge in [0.15, 0.2) is 5.78 Å².